The molecule has 1 aromatic heterocycles. The maximum atomic E-state index is 11.3. The van der Waals surface area contributed by atoms with Gasteiger partial charge in [-0.15, -0.1) is 11.3 Å². The van der Waals surface area contributed by atoms with Crippen LogP contribution >= 0.6 is 11.3 Å². The largest absolute Gasteiger partial charge is 0.476 e. The lowest BCUT2D eigenvalue weighted by Crippen LogP contribution is -2.67. The van der Waals surface area contributed by atoms with E-state index in [0.717, 1.165) is 24.3 Å². The predicted molar refractivity (Wildman–Crippen MR) is 152 cm³/mol. The lowest BCUT2D eigenvalue weighted by molar-refractivity contribution is -0.0814. The van der Waals surface area contributed by atoms with Crippen molar-refractivity contribution in [2.45, 2.75) is 63.4 Å². The molecule has 1 N–H and O–H groups in total. The molecule has 202 valence electrons. The van der Waals surface area contributed by atoms with Crippen LogP contribution < -0.4 is 10.4 Å². The molecule has 0 radical (unpaired) electrons. The summed E-state index contributed by atoms with van der Waals surface area (Å²) in [4.78, 5) is 15.6. The van der Waals surface area contributed by atoms with Crippen LogP contribution in [0.4, 0.5) is 0 Å². The van der Waals surface area contributed by atoms with E-state index in [4.69, 9.17) is 13.9 Å². The topological polar surface area (TPSA) is 77.9 Å². The molecule has 1 aliphatic heterocycles. The molecule has 1 aliphatic carbocycles. The molecular weight excluding hydrogens is 514 g/mol. The van der Waals surface area contributed by atoms with Gasteiger partial charge >= 0.3 is 5.97 Å². The van der Waals surface area contributed by atoms with Crippen molar-refractivity contribution >= 4 is 36.0 Å². The molecule has 2 heterocycles. The van der Waals surface area contributed by atoms with Crippen molar-refractivity contribution < 1.29 is 23.8 Å². The van der Waals surface area contributed by atoms with E-state index in [1.165, 1.54) is 21.7 Å². The number of methoxy groups -OCH3 is 1. The Morgan fingerprint density at radius 1 is 1.08 bits per heavy atom. The van der Waals surface area contributed by atoms with Crippen LogP contribution in [0.15, 0.2) is 66.0 Å². The first-order chi connectivity index (χ1) is 18.2. The van der Waals surface area contributed by atoms with Gasteiger partial charge in [-0.1, -0.05) is 81.4 Å². The summed E-state index contributed by atoms with van der Waals surface area (Å²) in [5.41, 5.74) is 0.0912. The molecule has 0 spiro atoms. The summed E-state index contributed by atoms with van der Waals surface area (Å²) < 4.78 is 19.9. The maximum absolute atomic E-state index is 11.3. The molecule has 8 heteroatoms. The number of aromatic nitrogens is 1. The van der Waals surface area contributed by atoms with E-state index in [0.29, 0.717) is 12.5 Å². The second kappa shape index (κ2) is 11.0. The van der Waals surface area contributed by atoms with Gasteiger partial charge in [0.2, 0.25) is 0 Å². The molecular formula is C30H37NO5SSi. The number of hydrogen-bond donors (Lipinski definition) is 1. The van der Waals surface area contributed by atoms with Crippen LogP contribution in [0.25, 0.3) is 0 Å². The number of aromatic carboxylic acids is 1. The van der Waals surface area contributed by atoms with Crippen molar-refractivity contribution in [1.29, 1.82) is 0 Å². The van der Waals surface area contributed by atoms with Crippen molar-refractivity contribution in [3.05, 3.63) is 76.7 Å². The molecule has 5 atom stereocenters. The number of hydrogen-bond acceptors (Lipinski definition) is 6. The maximum Gasteiger partial charge on any atom is 0.355 e. The Balaban J connectivity index is 1.40. The molecule has 0 unspecified atom stereocenters. The van der Waals surface area contributed by atoms with Gasteiger partial charge in [0.25, 0.3) is 8.32 Å². The zero-order valence-electron chi connectivity index (χ0n) is 22.5. The summed E-state index contributed by atoms with van der Waals surface area (Å²) in [5, 5.41) is 14.1. The van der Waals surface area contributed by atoms with Crippen molar-refractivity contribution in [1.82, 2.24) is 4.98 Å². The minimum absolute atomic E-state index is 0.0450. The molecule has 38 heavy (non-hydrogen) atoms. The van der Waals surface area contributed by atoms with Crippen molar-refractivity contribution in [2.24, 2.45) is 11.8 Å². The highest BCUT2D eigenvalue weighted by Crippen LogP contribution is 2.48. The zero-order chi connectivity index (χ0) is 26.9. The molecule has 0 bridgehead atoms. The van der Waals surface area contributed by atoms with Crippen molar-refractivity contribution in [2.75, 3.05) is 13.7 Å². The molecule has 5 rings (SSSR count). The number of ether oxygens (including phenoxy) is 2. The summed E-state index contributed by atoms with van der Waals surface area (Å²) >= 11 is 1.37. The molecule has 1 saturated heterocycles. The van der Waals surface area contributed by atoms with Gasteiger partial charge < -0.3 is 19.0 Å². The highest BCUT2D eigenvalue weighted by molar-refractivity contribution is 7.09. The standard InChI is InChI=1S/C30H37NO5SSi/c1-30(2,3)38(20-11-7-5-8-12-20,21-13-9-6-10-14-21)35-18-23-22-15-16-25(36-27(22)17-26(23)34-4)28-31-24(19-37-28)29(32)33/h5-14,19,22-23,25-27H,15-18H2,1-4H3,(H,32,33)/t22-,23-,25-,26-,27+/m1/s1. The van der Waals surface area contributed by atoms with Crippen LogP contribution in [0.5, 0.6) is 0 Å². The quantitative estimate of drug-likeness (QED) is 0.384. The van der Waals surface area contributed by atoms with Crippen molar-refractivity contribution in [3.63, 3.8) is 0 Å². The Kier molecular flexibility index (Phi) is 7.89. The fourth-order valence-electron chi connectivity index (χ4n) is 6.51. The van der Waals surface area contributed by atoms with Crippen LogP contribution in [0.2, 0.25) is 5.04 Å². The number of benzene rings is 2. The Bertz CT molecular complexity index is 1190. The van der Waals surface area contributed by atoms with Crippen LogP contribution in [-0.4, -0.2) is 50.3 Å². The fraction of sp³-hybridized carbons (Fsp3) is 0.467. The molecule has 2 aliphatic rings. The molecule has 1 saturated carbocycles. The normalized spacial score (nSPS) is 25.7. The van der Waals surface area contributed by atoms with Gasteiger partial charge in [0.15, 0.2) is 5.69 Å². The van der Waals surface area contributed by atoms with E-state index in [2.05, 4.69) is 86.4 Å². The zero-order valence-corrected chi connectivity index (χ0v) is 24.3. The Labute approximate surface area is 230 Å². The van der Waals surface area contributed by atoms with Gasteiger partial charge in [-0.3, -0.25) is 0 Å². The third-order valence-electron chi connectivity index (χ3n) is 8.30. The number of carboxylic acid groups (broad SMARTS) is 1. The van der Waals surface area contributed by atoms with Gasteiger partial charge in [0, 0.05) is 31.4 Å². The predicted octanol–water partition coefficient (Wildman–Crippen LogP) is 5.29. The van der Waals surface area contributed by atoms with Crippen LogP contribution in [0.1, 0.15) is 61.6 Å². The minimum Gasteiger partial charge on any atom is -0.476 e. The van der Waals surface area contributed by atoms with Gasteiger partial charge in [-0.25, -0.2) is 9.78 Å². The molecule has 0 amide bonds. The highest BCUT2D eigenvalue weighted by atomic mass is 32.1. The average molecular weight is 552 g/mol. The number of carbonyl (C=O) groups is 1. The summed E-state index contributed by atoms with van der Waals surface area (Å²) in [6, 6.07) is 21.5. The number of fused-ring (bicyclic) bond motifs is 1. The van der Waals surface area contributed by atoms with Gasteiger partial charge in [-0.05, 0) is 34.2 Å². The van der Waals surface area contributed by atoms with E-state index in [9.17, 15) is 9.90 Å². The lowest BCUT2D eigenvalue weighted by Gasteiger charge is -2.44. The Hall–Kier alpha value is -2.36. The van der Waals surface area contributed by atoms with Gasteiger partial charge in [0.05, 0.1) is 12.2 Å². The SMILES string of the molecule is CO[C@@H]1C[C@@H]2O[C@@H](c3nc(C(=O)O)cs3)CC[C@@H]2[C@H]1CO[Si](c1ccccc1)(c1ccccc1)C(C)(C)C. The van der Waals surface area contributed by atoms with E-state index < -0.39 is 14.3 Å². The third-order valence-corrected chi connectivity index (χ3v) is 14.2. The van der Waals surface area contributed by atoms with E-state index in [-0.39, 0.29) is 35.0 Å². The van der Waals surface area contributed by atoms with E-state index in [1.54, 1.807) is 12.5 Å². The van der Waals surface area contributed by atoms with E-state index >= 15 is 0 Å². The summed E-state index contributed by atoms with van der Waals surface area (Å²) in [7, 11) is -0.863. The van der Waals surface area contributed by atoms with Crippen LogP contribution in [0, 0.1) is 11.8 Å². The second-order valence-corrected chi connectivity index (χ2v) is 16.6. The van der Waals surface area contributed by atoms with Crippen molar-refractivity contribution in [3.8, 4) is 0 Å². The average Bonchev–Trinajstić information content (AvgIpc) is 3.54. The monoisotopic (exact) mass is 551 g/mol. The first kappa shape index (κ1) is 27.2. The summed E-state index contributed by atoms with van der Waals surface area (Å²) in [5.74, 6) is -0.450. The third kappa shape index (κ3) is 5.00. The minimum atomic E-state index is -2.65. The van der Waals surface area contributed by atoms with Crippen LogP contribution in [-0.2, 0) is 13.9 Å². The second-order valence-electron chi connectivity index (χ2n) is 11.4. The molecule has 6 nitrogen and oxygen atoms in total. The van der Waals surface area contributed by atoms with Gasteiger partial charge in [0.1, 0.15) is 11.1 Å². The smallest absolute Gasteiger partial charge is 0.355 e. The lowest BCUT2D eigenvalue weighted by atomic mass is 9.87. The number of carboxylic acids is 1. The number of nitrogens with zero attached hydrogens (tertiary/aromatic N) is 1. The Morgan fingerprint density at radius 2 is 1.71 bits per heavy atom. The first-order valence-corrected chi connectivity index (χ1v) is 16.2. The first-order valence-electron chi connectivity index (χ1n) is 13.4. The summed E-state index contributed by atoms with van der Waals surface area (Å²) in [6.07, 6.45) is 2.54. The fourth-order valence-corrected chi connectivity index (χ4v) is 12.0. The van der Waals surface area contributed by atoms with E-state index in [1.807, 2.05) is 0 Å². The molecule has 3 aromatic rings. The highest BCUT2D eigenvalue weighted by Gasteiger charge is 2.53. The Morgan fingerprint density at radius 3 is 2.24 bits per heavy atom. The van der Waals surface area contributed by atoms with Crippen LogP contribution in [0.3, 0.4) is 0 Å². The van der Waals surface area contributed by atoms with Gasteiger partial charge in [-0.2, -0.15) is 0 Å². The molecule has 2 fully saturated rings. The summed E-state index contributed by atoms with van der Waals surface area (Å²) in [6.45, 7) is 7.52. The number of thiazole rings is 1. The molecule has 2 aromatic carbocycles. The number of rotatable bonds is 8.